The Hall–Kier alpha value is -1.10. The highest BCUT2D eigenvalue weighted by Crippen LogP contribution is 2.24. The van der Waals surface area contributed by atoms with E-state index in [-0.39, 0.29) is 36.2 Å². The number of nitrogens with one attached hydrogen (secondary N) is 1. The second-order valence-electron chi connectivity index (χ2n) is 6.20. The molecule has 2 rings (SSSR count). The van der Waals surface area contributed by atoms with E-state index in [2.05, 4.69) is 20.7 Å². The quantitative estimate of drug-likeness (QED) is 0.303. The van der Waals surface area contributed by atoms with Gasteiger partial charge in [-0.15, -0.1) is 35.3 Å². The van der Waals surface area contributed by atoms with Crippen molar-refractivity contribution in [3.63, 3.8) is 0 Å². The predicted octanol–water partition coefficient (Wildman–Crippen LogP) is 4.60. The van der Waals surface area contributed by atoms with Gasteiger partial charge in [0.2, 0.25) is 0 Å². The number of halogens is 2. The van der Waals surface area contributed by atoms with Crippen molar-refractivity contribution in [2.24, 2.45) is 4.99 Å². The number of para-hydroxylation sites is 1. The molecule has 1 aromatic heterocycles. The van der Waals surface area contributed by atoms with E-state index in [0.29, 0.717) is 23.9 Å². The molecule has 0 bridgehead atoms. The van der Waals surface area contributed by atoms with Crippen LogP contribution in [0.4, 0.5) is 0 Å². The largest absolute Gasteiger partial charge is 0.487 e. The van der Waals surface area contributed by atoms with Crippen LogP contribution in [0, 0.1) is 0 Å². The molecule has 0 fully saturated rings. The number of hydrogen-bond donors (Lipinski definition) is 1. The zero-order chi connectivity index (χ0) is 19.8. The third-order valence-corrected chi connectivity index (χ3v) is 5.32. The lowest BCUT2D eigenvalue weighted by Gasteiger charge is -2.23. The molecule has 0 radical (unpaired) electrons. The van der Waals surface area contributed by atoms with Crippen LogP contribution in [0.25, 0.3) is 0 Å². The van der Waals surface area contributed by atoms with Crippen LogP contribution in [0.15, 0.2) is 34.6 Å². The zero-order valence-electron chi connectivity index (χ0n) is 16.8. The van der Waals surface area contributed by atoms with Crippen molar-refractivity contribution in [2.75, 3.05) is 27.7 Å². The Labute approximate surface area is 193 Å². The molecule has 6 nitrogen and oxygen atoms in total. The maximum absolute atomic E-state index is 6.14. The third-order valence-electron chi connectivity index (χ3n) is 3.96. The predicted molar refractivity (Wildman–Crippen MR) is 127 cm³/mol. The van der Waals surface area contributed by atoms with E-state index in [9.17, 15) is 0 Å². The van der Waals surface area contributed by atoms with Crippen LogP contribution in [0.1, 0.15) is 30.7 Å². The van der Waals surface area contributed by atoms with Crippen molar-refractivity contribution < 1.29 is 9.47 Å². The van der Waals surface area contributed by atoms with E-state index < -0.39 is 0 Å². The van der Waals surface area contributed by atoms with Gasteiger partial charge in [0.05, 0.1) is 23.8 Å². The molecular formula is C19H28ClIN4O2S. The van der Waals surface area contributed by atoms with E-state index in [1.807, 2.05) is 50.1 Å². The monoisotopic (exact) mass is 538 g/mol. The van der Waals surface area contributed by atoms with Gasteiger partial charge < -0.3 is 19.7 Å². The summed E-state index contributed by atoms with van der Waals surface area (Å²) in [6.45, 7) is 5.24. The first-order chi connectivity index (χ1) is 12.9. The van der Waals surface area contributed by atoms with Crippen LogP contribution in [0.5, 0.6) is 5.75 Å². The molecule has 2 unspecified atom stereocenters. The average Bonchev–Trinajstić information content (AvgIpc) is 3.12. The molecule has 0 aliphatic heterocycles. The molecule has 0 aliphatic rings. The number of guanidine groups is 1. The molecule has 0 saturated carbocycles. The Bertz CT molecular complexity index is 759. The van der Waals surface area contributed by atoms with Crippen molar-refractivity contribution >= 4 is 52.9 Å². The Balaban J connectivity index is 0.00000392. The summed E-state index contributed by atoms with van der Waals surface area (Å²) in [6, 6.07) is 7.46. The summed E-state index contributed by atoms with van der Waals surface area (Å²) < 4.78 is 11.2. The summed E-state index contributed by atoms with van der Waals surface area (Å²) in [5.41, 5.74) is 0.990. The van der Waals surface area contributed by atoms with Crippen LogP contribution in [0.2, 0.25) is 5.02 Å². The molecule has 1 aromatic carbocycles. The summed E-state index contributed by atoms with van der Waals surface area (Å²) in [5.74, 6) is 1.46. The number of nitrogens with zero attached hydrogens (tertiary/aromatic N) is 3. The smallest absolute Gasteiger partial charge is 0.193 e. The van der Waals surface area contributed by atoms with E-state index in [0.717, 1.165) is 16.7 Å². The normalized spacial score (nSPS) is 13.4. The topological polar surface area (TPSA) is 59.0 Å². The standard InChI is InChI=1S/C19H27ClN4O2S.HI/c1-13(26-17-9-7-6-8-16(17)20)10-22-19(21-3)24(4)11-15-12-27-18(23-15)14(2)25-5;/h6-9,12-14H,10-11H2,1-5H3,(H,21,22);1H. The van der Waals surface area contributed by atoms with Gasteiger partial charge in [-0.2, -0.15) is 0 Å². The zero-order valence-corrected chi connectivity index (χ0v) is 20.7. The Morgan fingerprint density at radius 3 is 2.71 bits per heavy atom. The number of rotatable bonds is 8. The minimum atomic E-state index is -0.0662. The highest BCUT2D eigenvalue weighted by Gasteiger charge is 2.14. The second-order valence-corrected chi connectivity index (χ2v) is 7.49. The van der Waals surface area contributed by atoms with Gasteiger partial charge >= 0.3 is 0 Å². The molecule has 1 N–H and O–H groups in total. The van der Waals surface area contributed by atoms with Gasteiger partial charge in [-0.25, -0.2) is 4.98 Å². The van der Waals surface area contributed by atoms with E-state index in [1.54, 1.807) is 25.5 Å². The lowest BCUT2D eigenvalue weighted by molar-refractivity contribution is 0.119. The van der Waals surface area contributed by atoms with E-state index in [4.69, 9.17) is 21.1 Å². The van der Waals surface area contributed by atoms with Gasteiger partial charge in [0.25, 0.3) is 0 Å². The molecule has 156 valence electrons. The highest BCUT2D eigenvalue weighted by atomic mass is 127. The maximum Gasteiger partial charge on any atom is 0.193 e. The number of hydrogen-bond acceptors (Lipinski definition) is 5. The fourth-order valence-electron chi connectivity index (χ4n) is 2.42. The summed E-state index contributed by atoms with van der Waals surface area (Å²) in [7, 11) is 5.43. The number of methoxy groups -OCH3 is 1. The molecule has 0 spiro atoms. The minimum Gasteiger partial charge on any atom is -0.487 e. The number of benzene rings is 1. The lowest BCUT2D eigenvalue weighted by Crippen LogP contribution is -2.42. The molecule has 0 amide bonds. The number of thiazole rings is 1. The van der Waals surface area contributed by atoms with E-state index >= 15 is 0 Å². The number of ether oxygens (including phenoxy) is 2. The average molecular weight is 539 g/mol. The van der Waals surface area contributed by atoms with Gasteiger partial charge in [0.1, 0.15) is 23.0 Å². The minimum absolute atomic E-state index is 0. The van der Waals surface area contributed by atoms with Crippen molar-refractivity contribution in [3.05, 3.63) is 45.4 Å². The summed E-state index contributed by atoms with van der Waals surface area (Å²) in [4.78, 5) is 11.0. The van der Waals surface area contributed by atoms with Crippen molar-refractivity contribution in [2.45, 2.75) is 32.6 Å². The van der Waals surface area contributed by atoms with Crippen LogP contribution in [-0.2, 0) is 11.3 Å². The number of aromatic nitrogens is 1. The maximum atomic E-state index is 6.14. The van der Waals surface area contributed by atoms with Gasteiger partial charge in [-0.1, -0.05) is 23.7 Å². The molecule has 0 aliphatic carbocycles. The van der Waals surface area contributed by atoms with Crippen LogP contribution in [0.3, 0.4) is 0 Å². The van der Waals surface area contributed by atoms with Crippen LogP contribution < -0.4 is 10.1 Å². The van der Waals surface area contributed by atoms with Crippen molar-refractivity contribution in [1.29, 1.82) is 0 Å². The lowest BCUT2D eigenvalue weighted by atomic mass is 10.3. The molecule has 9 heteroatoms. The van der Waals surface area contributed by atoms with Gasteiger partial charge in [0.15, 0.2) is 5.96 Å². The van der Waals surface area contributed by atoms with Crippen LogP contribution in [-0.4, -0.2) is 49.7 Å². The SMILES string of the molecule is CN=C(NCC(C)Oc1ccccc1Cl)N(C)Cc1csc(C(C)OC)n1.I. The van der Waals surface area contributed by atoms with Crippen LogP contribution >= 0.6 is 46.9 Å². The summed E-state index contributed by atoms with van der Waals surface area (Å²) >= 11 is 7.75. The first-order valence-corrected chi connectivity index (χ1v) is 10.0. The fraction of sp³-hybridized carbons (Fsp3) is 0.474. The third kappa shape index (κ3) is 7.38. The summed E-state index contributed by atoms with van der Waals surface area (Å²) in [5, 5.41) is 6.97. The van der Waals surface area contributed by atoms with Crippen molar-refractivity contribution in [1.82, 2.24) is 15.2 Å². The fourth-order valence-corrected chi connectivity index (χ4v) is 3.44. The number of aliphatic imine (C=N–C) groups is 1. The molecular weight excluding hydrogens is 511 g/mol. The van der Waals surface area contributed by atoms with Crippen molar-refractivity contribution in [3.8, 4) is 5.75 Å². The molecule has 1 heterocycles. The van der Waals surface area contributed by atoms with Gasteiger partial charge in [-0.05, 0) is 26.0 Å². The molecule has 0 saturated heterocycles. The Morgan fingerprint density at radius 2 is 2.07 bits per heavy atom. The first kappa shape index (κ1) is 24.9. The first-order valence-electron chi connectivity index (χ1n) is 8.74. The molecule has 28 heavy (non-hydrogen) atoms. The Kier molecular flexibility index (Phi) is 11.1. The van der Waals surface area contributed by atoms with E-state index in [1.165, 1.54) is 0 Å². The summed E-state index contributed by atoms with van der Waals surface area (Å²) in [6.07, 6.45) is -0.0576. The molecule has 2 aromatic rings. The van der Waals surface area contributed by atoms with Gasteiger partial charge in [-0.3, -0.25) is 4.99 Å². The Morgan fingerprint density at radius 1 is 1.36 bits per heavy atom. The second kappa shape index (κ2) is 12.5. The highest BCUT2D eigenvalue weighted by molar-refractivity contribution is 14.0. The molecule has 2 atom stereocenters. The van der Waals surface area contributed by atoms with Gasteiger partial charge in [0, 0.05) is 26.6 Å².